The highest BCUT2D eigenvalue weighted by Crippen LogP contribution is 2.40. The van der Waals surface area contributed by atoms with E-state index in [4.69, 9.17) is 14.5 Å². The van der Waals surface area contributed by atoms with Gasteiger partial charge in [0, 0.05) is 33.5 Å². The van der Waals surface area contributed by atoms with Crippen molar-refractivity contribution in [3.63, 3.8) is 0 Å². The Kier molecular flexibility index (Phi) is 6.08. The van der Waals surface area contributed by atoms with E-state index in [1.807, 2.05) is 12.3 Å². The molecule has 0 bridgehead atoms. The lowest BCUT2D eigenvalue weighted by Crippen LogP contribution is -2.35. The Morgan fingerprint density at radius 2 is 2.10 bits per heavy atom. The highest BCUT2D eigenvalue weighted by Gasteiger charge is 2.38. The predicted molar refractivity (Wildman–Crippen MR) is 81.9 cm³/mol. The van der Waals surface area contributed by atoms with E-state index < -0.39 is 0 Å². The molecule has 0 unspecified atom stereocenters. The first kappa shape index (κ1) is 16.3. The molecule has 1 fully saturated rings. The summed E-state index contributed by atoms with van der Waals surface area (Å²) < 4.78 is 10.9. The molecule has 1 N–H and O–H groups in total. The summed E-state index contributed by atoms with van der Waals surface area (Å²) in [4.78, 5) is 9.21. The summed E-state index contributed by atoms with van der Waals surface area (Å²) in [7, 11) is 3.49. The molecule has 1 aromatic heterocycles. The SMILES string of the molecule is COCCNCc1ccnc(C2(OC)CCC(C)CC2)n1. The molecule has 1 aliphatic rings. The van der Waals surface area contributed by atoms with Crippen LogP contribution in [0.15, 0.2) is 12.3 Å². The van der Waals surface area contributed by atoms with E-state index in [0.29, 0.717) is 6.61 Å². The van der Waals surface area contributed by atoms with Crippen LogP contribution in [-0.2, 0) is 21.6 Å². The van der Waals surface area contributed by atoms with Crippen molar-refractivity contribution in [3.05, 3.63) is 23.8 Å². The summed E-state index contributed by atoms with van der Waals surface area (Å²) in [5.41, 5.74) is 0.709. The van der Waals surface area contributed by atoms with E-state index in [-0.39, 0.29) is 5.60 Å². The zero-order valence-electron chi connectivity index (χ0n) is 13.4. The van der Waals surface area contributed by atoms with Crippen LogP contribution in [0.5, 0.6) is 0 Å². The second-order valence-electron chi connectivity index (χ2n) is 5.92. The standard InChI is InChI=1S/C16H27N3O2/c1-13-4-7-16(21-3,8-5-13)15-18-9-6-14(19-15)12-17-10-11-20-2/h6,9,13,17H,4-5,7-8,10-12H2,1-3H3. The first-order valence-corrected chi connectivity index (χ1v) is 7.77. The van der Waals surface area contributed by atoms with Gasteiger partial charge in [-0.05, 0) is 37.7 Å². The van der Waals surface area contributed by atoms with Crippen LogP contribution in [0.4, 0.5) is 0 Å². The van der Waals surface area contributed by atoms with Gasteiger partial charge in [-0.15, -0.1) is 0 Å². The fourth-order valence-electron chi connectivity index (χ4n) is 2.85. The molecular formula is C16H27N3O2. The smallest absolute Gasteiger partial charge is 0.160 e. The van der Waals surface area contributed by atoms with Crippen LogP contribution in [0.3, 0.4) is 0 Å². The summed E-state index contributed by atoms with van der Waals surface area (Å²) in [6.07, 6.45) is 6.20. The number of hydrogen-bond acceptors (Lipinski definition) is 5. The molecule has 0 atom stereocenters. The zero-order valence-corrected chi connectivity index (χ0v) is 13.4. The molecule has 5 nitrogen and oxygen atoms in total. The molecule has 21 heavy (non-hydrogen) atoms. The number of hydrogen-bond donors (Lipinski definition) is 1. The van der Waals surface area contributed by atoms with Gasteiger partial charge < -0.3 is 14.8 Å². The van der Waals surface area contributed by atoms with Gasteiger partial charge in [0.2, 0.25) is 0 Å². The number of nitrogens with zero attached hydrogens (tertiary/aromatic N) is 2. The number of nitrogens with one attached hydrogen (secondary N) is 1. The van der Waals surface area contributed by atoms with E-state index in [1.54, 1.807) is 14.2 Å². The van der Waals surface area contributed by atoms with Gasteiger partial charge in [0.1, 0.15) is 5.60 Å². The number of ether oxygens (including phenoxy) is 2. The number of methoxy groups -OCH3 is 2. The molecule has 0 radical (unpaired) electrons. The minimum Gasteiger partial charge on any atom is -0.383 e. The van der Waals surface area contributed by atoms with Crippen molar-refractivity contribution in [3.8, 4) is 0 Å². The highest BCUT2D eigenvalue weighted by atomic mass is 16.5. The maximum absolute atomic E-state index is 5.85. The van der Waals surface area contributed by atoms with E-state index >= 15 is 0 Å². The van der Waals surface area contributed by atoms with Gasteiger partial charge in [0.05, 0.1) is 12.3 Å². The van der Waals surface area contributed by atoms with Crippen molar-refractivity contribution in [2.24, 2.45) is 5.92 Å². The van der Waals surface area contributed by atoms with Crippen LogP contribution in [0.25, 0.3) is 0 Å². The molecule has 1 aliphatic carbocycles. The van der Waals surface area contributed by atoms with Crippen LogP contribution >= 0.6 is 0 Å². The molecule has 0 aliphatic heterocycles. The van der Waals surface area contributed by atoms with Crippen molar-refractivity contribution in [1.82, 2.24) is 15.3 Å². The Labute approximate surface area is 127 Å². The topological polar surface area (TPSA) is 56.3 Å². The Morgan fingerprint density at radius 3 is 2.76 bits per heavy atom. The van der Waals surface area contributed by atoms with E-state index in [0.717, 1.165) is 43.4 Å². The first-order chi connectivity index (χ1) is 10.2. The lowest BCUT2D eigenvalue weighted by Gasteiger charge is -2.36. The number of aromatic nitrogens is 2. The summed E-state index contributed by atoms with van der Waals surface area (Å²) >= 11 is 0. The van der Waals surface area contributed by atoms with Crippen molar-refractivity contribution in [2.75, 3.05) is 27.4 Å². The third-order valence-electron chi connectivity index (χ3n) is 4.38. The molecule has 0 spiro atoms. The first-order valence-electron chi connectivity index (χ1n) is 7.77. The third kappa shape index (κ3) is 4.22. The van der Waals surface area contributed by atoms with Gasteiger partial charge in [-0.25, -0.2) is 9.97 Å². The lowest BCUT2D eigenvalue weighted by atomic mass is 9.79. The predicted octanol–water partition coefficient (Wildman–Crippen LogP) is 2.26. The van der Waals surface area contributed by atoms with Crippen LogP contribution in [-0.4, -0.2) is 37.3 Å². The van der Waals surface area contributed by atoms with Crippen LogP contribution < -0.4 is 5.32 Å². The third-order valence-corrected chi connectivity index (χ3v) is 4.38. The van der Waals surface area contributed by atoms with Crippen molar-refractivity contribution in [2.45, 2.75) is 44.8 Å². The summed E-state index contributed by atoms with van der Waals surface area (Å²) in [5, 5.41) is 3.31. The fraction of sp³-hybridized carbons (Fsp3) is 0.750. The Balaban J connectivity index is 2.04. The average Bonchev–Trinajstić information content (AvgIpc) is 2.53. The largest absolute Gasteiger partial charge is 0.383 e. The minimum atomic E-state index is -0.297. The zero-order chi connectivity index (χ0) is 15.1. The minimum absolute atomic E-state index is 0.297. The Hall–Kier alpha value is -1.04. The summed E-state index contributed by atoms with van der Waals surface area (Å²) in [6.45, 7) is 4.56. The molecule has 0 aromatic carbocycles. The maximum atomic E-state index is 5.85. The van der Waals surface area contributed by atoms with Crippen molar-refractivity contribution < 1.29 is 9.47 Å². The van der Waals surface area contributed by atoms with Crippen molar-refractivity contribution in [1.29, 1.82) is 0 Å². The lowest BCUT2D eigenvalue weighted by molar-refractivity contribution is -0.0599. The molecule has 118 valence electrons. The van der Waals surface area contributed by atoms with E-state index in [2.05, 4.69) is 17.2 Å². The summed E-state index contributed by atoms with van der Waals surface area (Å²) in [5.74, 6) is 1.61. The highest BCUT2D eigenvalue weighted by molar-refractivity contribution is 5.10. The summed E-state index contributed by atoms with van der Waals surface area (Å²) in [6, 6.07) is 1.96. The molecule has 1 saturated carbocycles. The maximum Gasteiger partial charge on any atom is 0.160 e. The normalized spacial score (nSPS) is 26.0. The van der Waals surface area contributed by atoms with Crippen LogP contribution in [0, 0.1) is 5.92 Å². The molecular weight excluding hydrogens is 266 g/mol. The van der Waals surface area contributed by atoms with Gasteiger partial charge in [0.15, 0.2) is 5.82 Å². The Morgan fingerprint density at radius 1 is 1.33 bits per heavy atom. The quantitative estimate of drug-likeness (QED) is 0.782. The molecule has 1 aromatic rings. The second kappa shape index (κ2) is 7.82. The van der Waals surface area contributed by atoms with Crippen molar-refractivity contribution >= 4 is 0 Å². The average molecular weight is 293 g/mol. The van der Waals surface area contributed by atoms with Crippen LogP contribution in [0.1, 0.15) is 44.1 Å². The number of rotatable bonds is 7. The molecule has 5 heteroatoms. The van der Waals surface area contributed by atoms with Gasteiger partial charge in [-0.2, -0.15) is 0 Å². The van der Waals surface area contributed by atoms with E-state index in [9.17, 15) is 0 Å². The van der Waals surface area contributed by atoms with Gasteiger partial charge in [-0.3, -0.25) is 0 Å². The van der Waals surface area contributed by atoms with Gasteiger partial charge >= 0.3 is 0 Å². The fourth-order valence-corrected chi connectivity index (χ4v) is 2.85. The molecule has 0 amide bonds. The molecule has 0 saturated heterocycles. The molecule has 1 heterocycles. The van der Waals surface area contributed by atoms with Crippen LogP contribution in [0.2, 0.25) is 0 Å². The molecule has 2 rings (SSSR count). The van der Waals surface area contributed by atoms with Gasteiger partial charge in [-0.1, -0.05) is 6.92 Å². The second-order valence-corrected chi connectivity index (χ2v) is 5.92. The monoisotopic (exact) mass is 293 g/mol. The van der Waals surface area contributed by atoms with E-state index in [1.165, 1.54) is 12.8 Å². The Bertz CT molecular complexity index is 431. The van der Waals surface area contributed by atoms with Gasteiger partial charge in [0.25, 0.3) is 0 Å².